The molecule has 0 bridgehead atoms. The van der Waals surface area contributed by atoms with Gasteiger partial charge in [0.2, 0.25) is 5.91 Å². The highest BCUT2D eigenvalue weighted by Crippen LogP contribution is 2.34. The lowest BCUT2D eigenvalue weighted by atomic mass is 10.2. The highest BCUT2D eigenvalue weighted by atomic mass is 32.2. The first-order valence-corrected chi connectivity index (χ1v) is 7.27. The van der Waals surface area contributed by atoms with Crippen molar-refractivity contribution in [2.24, 2.45) is 12.8 Å². The van der Waals surface area contributed by atoms with Gasteiger partial charge in [0, 0.05) is 26.0 Å². The number of primary amides is 1. The standard InChI is InChI=1S/C13H12N6O3S/c1-18-12(5-4-11(15)20)16-17-13(18)23-10-3-2-8(7-14)6-9(10)19(21)22/h2-3,6H,4-5H2,1H3,(H2,15,20). The summed E-state index contributed by atoms with van der Waals surface area (Å²) in [7, 11) is 1.70. The number of nitrogens with zero attached hydrogens (tertiary/aromatic N) is 5. The fraction of sp³-hybridized carbons (Fsp3) is 0.231. The van der Waals surface area contributed by atoms with Crippen LogP contribution < -0.4 is 5.73 Å². The van der Waals surface area contributed by atoms with Crippen LogP contribution in [0.5, 0.6) is 0 Å². The third-order valence-corrected chi connectivity index (χ3v) is 4.11. The summed E-state index contributed by atoms with van der Waals surface area (Å²) in [4.78, 5) is 21.8. The van der Waals surface area contributed by atoms with Crippen molar-refractivity contribution < 1.29 is 9.72 Å². The number of aromatic nitrogens is 3. The minimum absolute atomic E-state index is 0.146. The summed E-state index contributed by atoms with van der Waals surface area (Å²) >= 11 is 1.07. The van der Waals surface area contributed by atoms with Gasteiger partial charge in [0.1, 0.15) is 5.82 Å². The van der Waals surface area contributed by atoms with Crippen molar-refractivity contribution in [2.45, 2.75) is 22.9 Å². The molecule has 118 valence electrons. The first-order valence-electron chi connectivity index (χ1n) is 6.45. The SMILES string of the molecule is Cn1c(CCC(N)=O)nnc1Sc1ccc(C#N)cc1[N+](=O)[O-]. The predicted octanol–water partition coefficient (Wildman–Crippen LogP) is 1.16. The number of aryl methyl sites for hydroxylation is 1. The van der Waals surface area contributed by atoms with Crippen molar-refractivity contribution in [2.75, 3.05) is 0 Å². The van der Waals surface area contributed by atoms with Crippen molar-refractivity contribution >= 4 is 23.4 Å². The van der Waals surface area contributed by atoms with Crippen LogP contribution in [-0.4, -0.2) is 25.6 Å². The quantitative estimate of drug-likeness (QED) is 0.618. The van der Waals surface area contributed by atoms with E-state index in [9.17, 15) is 14.9 Å². The molecule has 0 aliphatic heterocycles. The first kappa shape index (κ1) is 16.4. The van der Waals surface area contributed by atoms with Crippen molar-refractivity contribution in [3.8, 4) is 6.07 Å². The number of amides is 1. The molecule has 0 unspecified atom stereocenters. The van der Waals surface area contributed by atoms with Crippen LogP contribution in [0.1, 0.15) is 17.8 Å². The van der Waals surface area contributed by atoms with E-state index in [0.29, 0.717) is 22.3 Å². The molecule has 0 fully saturated rings. The maximum Gasteiger partial charge on any atom is 0.284 e. The average molecular weight is 332 g/mol. The Kier molecular flexibility index (Phi) is 4.92. The van der Waals surface area contributed by atoms with Crippen LogP contribution in [-0.2, 0) is 18.3 Å². The third kappa shape index (κ3) is 3.83. The molecule has 23 heavy (non-hydrogen) atoms. The first-order chi connectivity index (χ1) is 10.9. The molecular weight excluding hydrogens is 320 g/mol. The Morgan fingerprint density at radius 2 is 2.26 bits per heavy atom. The zero-order valence-electron chi connectivity index (χ0n) is 12.1. The molecule has 0 aliphatic carbocycles. The number of carbonyl (C=O) groups is 1. The number of carbonyl (C=O) groups excluding carboxylic acids is 1. The maximum absolute atomic E-state index is 11.1. The fourth-order valence-electron chi connectivity index (χ4n) is 1.80. The van der Waals surface area contributed by atoms with Gasteiger partial charge < -0.3 is 10.3 Å². The second kappa shape index (κ2) is 6.89. The monoisotopic (exact) mass is 332 g/mol. The highest BCUT2D eigenvalue weighted by molar-refractivity contribution is 7.99. The molecule has 0 spiro atoms. The van der Waals surface area contributed by atoms with Gasteiger partial charge in [0.05, 0.1) is 21.5 Å². The summed E-state index contributed by atoms with van der Waals surface area (Å²) in [5.74, 6) is 0.118. The van der Waals surface area contributed by atoms with Crippen molar-refractivity contribution in [1.29, 1.82) is 5.26 Å². The molecule has 10 heteroatoms. The van der Waals surface area contributed by atoms with E-state index in [4.69, 9.17) is 11.0 Å². The third-order valence-electron chi connectivity index (χ3n) is 3.01. The number of hydrogen-bond donors (Lipinski definition) is 1. The lowest BCUT2D eigenvalue weighted by Gasteiger charge is -2.04. The zero-order chi connectivity index (χ0) is 17.0. The molecule has 0 saturated heterocycles. The summed E-state index contributed by atoms with van der Waals surface area (Å²) in [6, 6.07) is 6.08. The van der Waals surface area contributed by atoms with E-state index in [1.807, 2.05) is 6.07 Å². The number of hydrogen-bond acceptors (Lipinski definition) is 7. The molecule has 9 nitrogen and oxygen atoms in total. The van der Waals surface area contributed by atoms with Gasteiger partial charge in [0.15, 0.2) is 5.16 Å². The van der Waals surface area contributed by atoms with Crippen LogP contribution in [0.3, 0.4) is 0 Å². The smallest absolute Gasteiger partial charge is 0.284 e. The normalized spacial score (nSPS) is 10.3. The maximum atomic E-state index is 11.1. The van der Waals surface area contributed by atoms with Gasteiger partial charge in [-0.25, -0.2) is 0 Å². The van der Waals surface area contributed by atoms with Gasteiger partial charge in [-0.05, 0) is 23.9 Å². The predicted molar refractivity (Wildman–Crippen MR) is 80.5 cm³/mol. The average Bonchev–Trinajstić information content (AvgIpc) is 2.86. The number of nitrogens with two attached hydrogens (primary N) is 1. The molecular formula is C13H12N6O3S. The molecule has 1 aromatic heterocycles. The van der Waals surface area contributed by atoms with E-state index in [2.05, 4.69) is 10.2 Å². The zero-order valence-corrected chi connectivity index (χ0v) is 12.9. The van der Waals surface area contributed by atoms with Crippen LogP contribution >= 0.6 is 11.8 Å². The minimum Gasteiger partial charge on any atom is -0.370 e. The van der Waals surface area contributed by atoms with Gasteiger partial charge in [-0.2, -0.15) is 5.26 Å². The van der Waals surface area contributed by atoms with Crippen LogP contribution in [0.4, 0.5) is 5.69 Å². The van der Waals surface area contributed by atoms with Crippen molar-refractivity contribution in [3.63, 3.8) is 0 Å². The lowest BCUT2D eigenvalue weighted by Crippen LogP contribution is -2.12. The molecule has 2 aromatic rings. The van der Waals surface area contributed by atoms with E-state index >= 15 is 0 Å². The molecule has 2 rings (SSSR count). The summed E-state index contributed by atoms with van der Waals surface area (Å²) in [5.41, 5.74) is 5.14. The van der Waals surface area contributed by atoms with Crippen LogP contribution in [0.2, 0.25) is 0 Å². The Labute approximate surface area is 135 Å². The Balaban J connectivity index is 2.28. The summed E-state index contributed by atoms with van der Waals surface area (Å²) < 4.78 is 1.65. The largest absolute Gasteiger partial charge is 0.370 e. The van der Waals surface area contributed by atoms with Crippen LogP contribution in [0.15, 0.2) is 28.3 Å². The topological polar surface area (TPSA) is 141 Å². The number of nitro groups is 1. The number of nitro benzene ring substituents is 1. The van der Waals surface area contributed by atoms with E-state index in [0.717, 1.165) is 11.8 Å². The number of rotatable bonds is 6. The van der Waals surface area contributed by atoms with Gasteiger partial charge in [-0.1, -0.05) is 0 Å². The summed E-state index contributed by atoms with van der Waals surface area (Å²) in [6.45, 7) is 0. The lowest BCUT2D eigenvalue weighted by molar-refractivity contribution is -0.387. The van der Waals surface area contributed by atoms with E-state index in [-0.39, 0.29) is 17.7 Å². The van der Waals surface area contributed by atoms with Gasteiger partial charge >= 0.3 is 0 Å². The highest BCUT2D eigenvalue weighted by Gasteiger charge is 2.19. The summed E-state index contributed by atoms with van der Waals surface area (Å²) in [5, 5.41) is 28.3. The van der Waals surface area contributed by atoms with Crippen LogP contribution in [0, 0.1) is 21.4 Å². The van der Waals surface area contributed by atoms with E-state index in [1.54, 1.807) is 11.6 Å². The molecule has 1 aromatic carbocycles. The molecule has 1 amide bonds. The van der Waals surface area contributed by atoms with E-state index in [1.165, 1.54) is 18.2 Å². The molecule has 2 N–H and O–H groups in total. The van der Waals surface area contributed by atoms with Crippen molar-refractivity contribution in [3.05, 3.63) is 39.7 Å². The Bertz CT molecular complexity index is 811. The Morgan fingerprint density at radius 3 is 2.87 bits per heavy atom. The molecule has 0 radical (unpaired) electrons. The fourth-order valence-corrected chi connectivity index (χ4v) is 2.70. The molecule has 1 heterocycles. The second-order valence-corrected chi connectivity index (χ2v) is 5.59. The van der Waals surface area contributed by atoms with Gasteiger partial charge in [0.25, 0.3) is 5.69 Å². The molecule has 0 atom stereocenters. The van der Waals surface area contributed by atoms with Gasteiger partial charge in [-0.15, -0.1) is 10.2 Å². The molecule has 0 aliphatic rings. The van der Waals surface area contributed by atoms with Gasteiger partial charge in [-0.3, -0.25) is 14.9 Å². The molecule has 0 saturated carbocycles. The second-order valence-electron chi connectivity index (χ2n) is 4.58. The Hall–Kier alpha value is -2.93. The van der Waals surface area contributed by atoms with Crippen LogP contribution in [0.25, 0.3) is 0 Å². The Morgan fingerprint density at radius 1 is 1.52 bits per heavy atom. The summed E-state index contributed by atoms with van der Waals surface area (Å²) in [6.07, 6.45) is 0.489. The number of benzene rings is 1. The number of nitriles is 1. The van der Waals surface area contributed by atoms with Crippen molar-refractivity contribution in [1.82, 2.24) is 14.8 Å². The van der Waals surface area contributed by atoms with E-state index < -0.39 is 10.8 Å². The minimum atomic E-state index is -0.548.